The Hall–Kier alpha value is -2.95. The van der Waals surface area contributed by atoms with Crippen LogP contribution in [0.2, 0.25) is 0 Å². The summed E-state index contributed by atoms with van der Waals surface area (Å²) in [5.74, 6) is -0.123. The van der Waals surface area contributed by atoms with E-state index in [1.807, 2.05) is 24.3 Å². The maximum absolute atomic E-state index is 11.4. The van der Waals surface area contributed by atoms with Crippen LogP contribution in [0, 0.1) is 0 Å². The smallest absolute Gasteiger partial charge is 0.248 e. The fraction of sp³-hybridized carbons (Fsp3) is 0.0625. The van der Waals surface area contributed by atoms with Crippen molar-refractivity contribution in [2.24, 2.45) is 0 Å². The predicted molar refractivity (Wildman–Crippen MR) is 82.1 cm³/mol. The fourth-order valence-corrected chi connectivity index (χ4v) is 2.26. The first-order chi connectivity index (χ1) is 10.1. The third kappa shape index (κ3) is 2.67. The zero-order valence-corrected chi connectivity index (χ0v) is 11.4. The molecule has 1 aromatic carbocycles. The number of hydrogen-bond donors (Lipinski definition) is 2. The molecule has 21 heavy (non-hydrogen) atoms. The molecule has 0 radical (unpaired) electrons. The number of pyridine rings is 2. The summed E-state index contributed by atoms with van der Waals surface area (Å²) in [7, 11) is 0. The number of fused-ring (bicyclic) bond motifs is 1. The maximum atomic E-state index is 11.4. The van der Waals surface area contributed by atoms with Gasteiger partial charge in [0, 0.05) is 35.8 Å². The van der Waals surface area contributed by atoms with Gasteiger partial charge in [0.2, 0.25) is 11.5 Å². The Kier molecular flexibility index (Phi) is 3.23. The molecule has 0 aliphatic heterocycles. The molecule has 0 fully saturated rings. The van der Waals surface area contributed by atoms with Crippen LogP contribution in [0.3, 0.4) is 0 Å². The topological polar surface area (TPSA) is 74.8 Å². The Balaban J connectivity index is 2.16. The van der Waals surface area contributed by atoms with E-state index in [0.717, 1.165) is 22.2 Å². The quantitative estimate of drug-likeness (QED) is 0.757. The average Bonchev–Trinajstić information content (AvgIpc) is 2.46. The van der Waals surface area contributed by atoms with Crippen LogP contribution in [-0.4, -0.2) is 15.9 Å². The molecule has 0 saturated carbocycles. The first-order valence-corrected chi connectivity index (χ1v) is 6.49. The van der Waals surface area contributed by atoms with E-state index in [1.54, 1.807) is 18.3 Å². The summed E-state index contributed by atoms with van der Waals surface area (Å²) < 4.78 is 0. The molecule has 0 aliphatic carbocycles. The lowest BCUT2D eigenvalue weighted by Crippen LogP contribution is -2.05. The second-order valence-corrected chi connectivity index (χ2v) is 4.71. The summed E-state index contributed by atoms with van der Waals surface area (Å²) in [6, 6.07) is 12.4. The average molecular weight is 279 g/mol. The summed E-state index contributed by atoms with van der Waals surface area (Å²) in [6.07, 6.45) is 1.65. The third-order valence-electron chi connectivity index (χ3n) is 3.11. The molecule has 0 atom stereocenters. The molecule has 104 valence electrons. The van der Waals surface area contributed by atoms with E-state index in [4.69, 9.17) is 0 Å². The van der Waals surface area contributed by atoms with Crippen LogP contribution >= 0.6 is 0 Å². The highest BCUT2D eigenvalue weighted by molar-refractivity contribution is 5.94. The molecule has 5 nitrogen and oxygen atoms in total. The molecule has 3 aromatic rings. The minimum atomic E-state index is -0.147. The van der Waals surface area contributed by atoms with Crippen LogP contribution in [0.1, 0.15) is 6.92 Å². The van der Waals surface area contributed by atoms with Crippen molar-refractivity contribution < 1.29 is 4.79 Å². The summed E-state index contributed by atoms with van der Waals surface area (Å²) in [4.78, 5) is 29.7. The van der Waals surface area contributed by atoms with E-state index >= 15 is 0 Å². The SMILES string of the molecule is CC(=O)Nc1cccc(-c2nccc3[nH]c(=O)ccc23)c1. The number of aromatic nitrogens is 2. The van der Waals surface area contributed by atoms with Gasteiger partial charge in [0.15, 0.2) is 0 Å². The normalized spacial score (nSPS) is 10.5. The maximum Gasteiger partial charge on any atom is 0.248 e. The van der Waals surface area contributed by atoms with Gasteiger partial charge in [-0.3, -0.25) is 14.6 Å². The second-order valence-electron chi connectivity index (χ2n) is 4.71. The Morgan fingerprint density at radius 3 is 2.86 bits per heavy atom. The molecule has 2 aromatic heterocycles. The summed E-state index contributed by atoms with van der Waals surface area (Å²) in [5, 5.41) is 3.61. The van der Waals surface area contributed by atoms with Crippen LogP contribution < -0.4 is 10.9 Å². The number of rotatable bonds is 2. The van der Waals surface area contributed by atoms with Gasteiger partial charge < -0.3 is 10.3 Å². The highest BCUT2D eigenvalue weighted by atomic mass is 16.1. The predicted octanol–water partition coefficient (Wildman–Crippen LogP) is 2.55. The summed E-state index contributed by atoms with van der Waals surface area (Å²) >= 11 is 0. The van der Waals surface area contributed by atoms with Crippen LogP contribution in [0.25, 0.3) is 22.2 Å². The van der Waals surface area contributed by atoms with Crippen LogP contribution in [0.5, 0.6) is 0 Å². The van der Waals surface area contributed by atoms with Gasteiger partial charge in [-0.05, 0) is 24.3 Å². The third-order valence-corrected chi connectivity index (χ3v) is 3.11. The molecule has 2 heterocycles. The Morgan fingerprint density at radius 1 is 1.19 bits per heavy atom. The molecular weight excluding hydrogens is 266 g/mol. The number of amides is 1. The van der Waals surface area contributed by atoms with Gasteiger partial charge in [0.1, 0.15) is 0 Å². The number of hydrogen-bond acceptors (Lipinski definition) is 3. The number of nitrogens with zero attached hydrogens (tertiary/aromatic N) is 1. The highest BCUT2D eigenvalue weighted by Crippen LogP contribution is 2.26. The number of H-pyrrole nitrogens is 1. The van der Waals surface area contributed by atoms with Crippen LogP contribution in [-0.2, 0) is 4.79 Å². The Bertz CT molecular complexity index is 884. The minimum absolute atomic E-state index is 0.123. The molecule has 0 bridgehead atoms. The van der Waals surface area contributed by atoms with Gasteiger partial charge in [0.05, 0.1) is 11.2 Å². The number of anilines is 1. The molecule has 0 aliphatic rings. The first kappa shape index (κ1) is 13.1. The summed E-state index contributed by atoms with van der Waals surface area (Å²) in [5.41, 5.74) is 2.93. The van der Waals surface area contributed by atoms with Crippen LogP contribution in [0.15, 0.2) is 53.5 Å². The lowest BCUT2D eigenvalue weighted by atomic mass is 10.1. The zero-order chi connectivity index (χ0) is 14.8. The van der Waals surface area contributed by atoms with Crippen molar-refractivity contribution in [3.05, 3.63) is 59.0 Å². The number of nitrogens with one attached hydrogen (secondary N) is 2. The van der Waals surface area contributed by atoms with E-state index < -0.39 is 0 Å². The van der Waals surface area contributed by atoms with Crippen molar-refractivity contribution in [3.63, 3.8) is 0 Å². The van der Waals surface area contributed by atoms with E-state index in [1.165, 1.54) is 13.0 Å². The highest BCUT2D eigenvalue weighted by Gasteiger charge is 2.07. The van der Waals surface area contributed by atoms with E-state index in [0.29, 0.717) is 5.69 Å². The second kappa shape index (κ2) is 5.20. The standard InChI is InChI=1S/C16H13N3O2/c1-10(20)18-12-4-2-3-11(9-12)16-13-5-6-15(21)19-14(13)7-8-17-16/h2-9H,1H3,(H,18,20)(H,19,21). The number of aromatic amines is 1. The molecule has 3 rings (SSSR count). The minimum Gasteiger partial charge on any atom is -0.326 e. The molecule has 2 N–H and O–H groups in total. The van der Waals surface area contributed by atoms with Crippen molar-refractivity contribution in [2.75, 3.05) is 5.32 Å². The first-order valence-electron chi connectivity index (χ1n) is 6.49. The number of carbonyl (C=O) groups is 1. The molecule has 0 unspecified atom stereocenters. The Morgan fingerprint density at radius 2 is 2.05 bits per heavy atom. The lowest BCUT2D eigenvalue weighted by molar-refractivity contribution is -0.114. The van der Waals surface area contributed by atoms with Crippen molar-refractivity contribution in [2.45, 2.75) is 6.92 Å². The Labute approximate surface area is 120 Å². The van der Waals surface area contributed by atoms with Gasteiger partial charge in [-0.15, -0.1) is 0 Å². The largest absolute Gasteiger partial charge is 0.326 e. The molecule has 5 heteroatoms. The van der Waals surface area contributed by atoms with Gasteiger partial charge in [-0.2, -0.15) is 0 Å². The van der Waals surface area contributed by atoms with Crippen LogP contribution in [0.4, 0.5) is 5.69 Å². The summed E-state index contributed by atoms with van der Waals surface area (Å²) in [6.45, 7) is 1.47. The van der Waals surface area contributed by atoms with E-state index in [2.05, 4.69) is 15.3 Å². The van der Waals surface area contributed by atoms with Gasteiger partial charge >= 0.3 is 0 Å². The number of carbonyl (C=O) groups excluding carboxylic acids is 1. The monoisotopic (exact) mass is 279 g/mol. The van der Waals surface area contributed by atoms with E-state index in [9.17, 15) is 9.59 Å². The molecule has 1 amide bonds. The zero-order valence-electron chi connectivity index (χ0n) is 11.4. The van der Waals surface area contributed by atoms with Crippen molar-refractivity contribution in [3.8, 4) is 11.3 Å². The van der Waals surface area contributed by atoms with Crippen molar-refractivity contribution >= 4 is 22.5 Å². The fourth-order valence-electron chi connectivity index (χ4n) is 2.26. The van der Waals surface area contributed by atoms with Gasteiger partial charge in [-0.25, -0.2) is 0 Å². The molecule has 0 spiro atoms. The number of benzene rings is 1. The molecule has 0 saturated heterocycles. The lowest BCUT2D eigenvalue weighted by Gasteiger charge is -2.08. The van der Waals surface area contributed by atoms with Crippen molar-refractivity contribution in [1.29, 1.82) is 0 Å². The van der Waals surface area contributed by atoms with Crippen molar-refractivity contribution in [1.82, 2.24) is 9.97 Å². The van der Waals surface area contributed by atoms with E-state index in [-0.39, 0.29) is 11.5 Å². The van der Waals surface area contributed by atoms with Gasteiger partial charge in [0.25, 0.3) is 0 Å². The van der Waals surface area contributed by atoms with Gasteiger partial charge in [-0.1, -0.05) is 12.1 Å². The molecular formula is C16H13N3O2.